The molecule has 0 bridgehead atoms. The monoisotopic (exact) mass is 494 g/mol. The van der Waals surface area contributed by atoms with Gasteiger partial charge in [-0.2, -0.15) is 0 Å². The molecule has 2 amide bonds. The number of likely N-dealkylation sites (N-methyl/N-ethyl adjacent to an activating group) is 1. The number of carbonyl (C=O) groups excluding carboxylic acids is 1. The predicted molar refractivity (Wildman–Crippen MR) is 142 cm³/mol. The SMILES string of the molecule is CN1CCN(c2ccc(CNCCc3ccc(NC(=O)Nc4cnc(N)cn4)cc3Cl)cc2)CC1. The average Bonchev–Trinajstić information content (AvgIpc) is 2.85. The lowest BCUT2D eigenvalue weighted by Crippen LogP contribution is -2.44. The van der Waals surface area contributed by atoms with E-state index in [9.17, 15) is 4.79 Å². The summed E-state index contributed by atoms with van der Waals surface area (Å²) in [5, 5.41) is 9.42. The number of hydrogen-bond donors (Lipinski definition) is 4. The summed E-state index contributed by atoms with van der Waals surface area (Å²) in [4.78, 5) is 24.8. The summed E-state index contributed by atoms with van der Waals surface area (Å²) in [6.07, 6.45) is 3.55. The van der Waals surface area contributed by atoms with Gasteiger partial charge in [-0.25, -0.2) is 14.8 Å². The summed E-state index contributed by atoms with van der Waals surface area (Å²) in [6.45, 7) is 5.96. The van der Waals surface area contributed by atoms with Gasteiger partial charge in [0.1, 0.15) is 5.82 Å². The predicted octanol–water partition coefficient (Wildman–Crippen LogP) is 3.44. The normalized spacial score (nSPS) is 14.1. The Labute approximate surface area is 210 Å². The maximum Gasteiger partial charge on any atom is 0.324 e. The molecule has 0 saturated carbocycles. The molecule has 2 heterocycles. The molecule has 0 aliphatic carbocycles. The van der Waals surface area contributed by atoms with Gasteiger partial charge in [-0.3, -0.25) is 5.32 Å². The maximum atomic E-state index is 12.2. The van der Waals surface area contributed by atoms with Crippen molar-refractivity contribution in [2.24, 2.45) is 0 Å². The van der Waals surface area contributed by atoms with E-state index in [-0.39, 0.29) is 5.82 Å². The highest BCUT2D eigenvalue weighted by Crippen LogP contribution is 2.22. The Morgan fingerprint density at radius 1 is 1.03 bits per heavy atom. The van der Waals surface area contributed by atoms with E-state index >= 15 is 0 Å². The fourth-order valence-electron chi connectivity index (χ4n) is 3.85. The van der Waals surface area contributed by atoms with Crippen LogP contribution in [0.2, 0.25) is 5.02 Å². The van der Waals surface area contributed by atoms with Crippen LogP contribution in [0.15, 0.2) is 54.9 Å². The van der Waals surface area contributed by atoms with Crippen LogP contribution in [0.25, 0.3) is 0 Å². The summed E-state index contributed by atoms with van der Waals surface area (Å²) < 4.78 is 0. The molecule has 2 aromatic carbocycles. The lowest BCUT2D eigenvalue weighted by atomic mass is 10.1. The van der Waals surface area contributed by atoms with Gasteiger partial charge >= 0.3 is 6.03 Å². The van der Waals surface area contributed by atoms with Gasteiger partial charge in [0.05, 0.1) is 12.4 Å². The highest BCUT2D eigenvalue weighted by Gasteiger charge is 2.14. The molecule has 1 aliphatic heterocycles. The van der Waals surface area contributed by atoms with Crippen LogP contribution in [0.1, 0.15) is 11.1 Å². The van der Waals surface area contributed by atoms with Crippen molar-refractivity contribution in [1.82, 2.24) is 20.2 Å². The average molecular weight is 495 g/mol. The fraction of sp³-hybridized carbons (Fsp3) is 0.320. The number of carbonyl (C=O) groups is 1. The van der Waals surface area contributed by atoms with Crippen LogP contribution < -0.4 is 26.6 Å². The van der Waals surface area contributed by atoms with E-state index in [2.05, 4.69) is 67.0 Å². The second-order valence-electron chi connectivity index (χ2n) is 8.60. The Bertz CT molecular complexity index is 1120. The highest BCUT2D eigenvalue weighted by molar-refractivity contribution is 6.31. The van der Waals surface area contributed by atoms with Gasteiger partial charge in [0.25, 0.3) is 0 Å². The number of anilines is 4. The molecular weight excluding hydrogens is 464 g/mol. The number of nitrogens with one attached hydrogen (secondary N) is 3. The zero-order valence-electron chi connectivity index (χ0n) is 19.8. The minimum absolute atomic E-state index is 0.284. The molecule has 0 spiro atoms. The van der Waals surface area contributed by atoms with Gasteiger partial charge in [-0.15, -0.1) is 0 Å². The number of hydrogen-bond acceptors (Lipinski definition) is 7. The topological polar surface area (TPSA) is 111 Å². The number of nitrogen functional groups attached to an aromatic ring is 1. The largest absolute Gasteiger partial charge is 0.382 e. The molecule has 0 atom stereocenters. The van der Waals surface area contributed by atoms with Gasteiger partial charge in [0.15, 0.2) is 5.82 Å². The minimum atomic E-state index is -0.437. The molecule has 1 fully saturated rings. The molecule has 1 saturated heterocycles. The van der Waals surface area contributed by atoms with Crippen molar-refractivity contribution in [3.8, 4) is 0 Å². The van der Waals surface area contributed by atoms with E-state index < -0.39 is 6.03 Å². The first-order valence-electron chi connectivity index (χ1n) is 11.6. The quantitative estimate of drug-likeness (QED) is 0.355. The number of piperazine rings is 1. The van der Waals surface area contributed by atoms with Gasteiger partial charge in [0.2, 0.25) is 0 Å². The third-order valence-corrected chi connectivity index (χ3v) is 6.28. The van der Waals surface area contributed by atoms with Crippen molar-refractivity contribution in [2.75, 3.05) is 61.0 Å². The van der Waals surface area contributed by atoms with E-state index in [1.807, 2.05) is 12.1 Å². The molecule has 10 heteroatoms. The summed E-state index contributed by atoms with van der Waals surface area (Å²) in [5.74, 6) is 0.589. The van der Waals surface area contributed by atoms with E-state index in [4.69, 9.17) is 17.3 Å². The van der Waals surface area contributed by atoms with Crippen molar-refractivity contribution in [3.63, 3.8) is 0 Å². The lowest BCUT2D eigenvalue weighted by molar-refractivity contribution is 0.262. The number of benzene rings is 2. The molecule has 184 valence electrons. The Morgan fingerprint density at radius 3 is 2.49 bits per heavy atom. The standard InChI is InChI=1S/C25H31ClN8O/c1-33-10-12-34(13-11-33)21-6-2-18(3-7-21)15-28-9-8-19-4-5-20(14-22(19)26)31-25(35)32-24-17-29-23(27)16-30-24/h2-7,14,16-17,28H,8-13,15H2,1H3,(H2,27,29)(H2,30,31,32,35). The third kappa shape index (κ3) is 7.29. The molecular formula is C25H31ClN8O. The number of amides is 2. The van der Waals surface area contributed by atoms with Gasteiger partial charge in [-0.1, -0.05) is 29.8 Å². The third-order valence-electron chi connectivity index (χ3n) is 5.93. The molecule has 1 aliphatic rings. The molecule has 35 heavy (non-hydrogen) atoms. The molecule has 5 N–H and O–H groups in total. The molecule has 0 radical (unpaired) electrons. The first kappa shape index (κ1) is 24.7. The highest BCUT2D eigenvalue weighted by atomic mass is 35.5. The van der Waals surface area contributed by atoms with Crippen molar-refractivity contribution in [2.45, 2.75) is 13.0 Å². The van der Waals surface area contributed by atoms with Crippen LogP contribution in [-0.4, -0.2) is 60.7 Å². The first-order chi connectivity index (χ1) is 17.0. The summed E-state index contributed by atoms with van der Waals surface area (Å²) >= 11 is 6.44. The van der Waals surface area contributed by atoms with Crippen molar-refractivity contribution in [1.29, 1.82) is 0 Å². The van der Waals surface area contributed by atoms with E-state index in [0.717, 1.165) is 51.3 Å². The van der Waals surface area contributed by atoms with Crippen molar-refractivity contribution < 1.29 is 4.79 Å². The lowest BCUT2D eigenvalue weighted by Gasteiger charge is -2.34. The van der Waals surface area contributed by atoms with Crippen LogP contribution in [0.4, 0.5) is 27.8 Å². The molecule has 1 aromatic heterocycles. The first-order valence-corrected chi connectivity index (χ1v) is 12.0. The van der Waals surface area contributed by atoms with Gasteiger partial charge in [0, 0.05) is 49.1 Å². The number of nitrogens with zero attached hydrogens (tertiary/aromatic N) is 4. The second-order valence-corrected chi connectivity index (χ2v) is 9.00. The molecule has 3 aromatic rings. The Hall–Kier alpha value is -3.40. The van der Waals surface area contributed by atoms with Crippen LogP contribution in [0.3, 0.4) is 0 Å². The fourth-order valence-corrected chi connectivity index (χ4v) is 4.13. The van der Waals surface area contributed by atoms with E-state index in [1.54, 1.807) is 6.07 Å². The van der Waals surface area contributed by atoms with Gasteiger partial charge < -0.3 is 26.2 Å². The van der Waals surface area contributed by atoms with E-state index in [0.29, 0.717) is 16.5 Å². The zero-order chi connectivity index (χ0) is 24.6. The number of nitrogens with two attached hydrogens (primary N) is 1. The summed E-state index contributed by atoms with van der Waals surface area (Å²) in [7, 11) is 2.17. The minimum Gasteiger partial charge on any atom is -0.382 e. The Balaban J connectivity index is 1.20. The van der Waals surface area contributed by atoms with Crippen LogP contribution in [-0.2, 0) is 13.0 Å². The van der Waals surface area contributed by atoms with Crippen LogP contribution in [0, 0.1) is 0 Å². The summed E-state index contributed by atoms with van der Waals surface area (Å²) in [6, 6.07) is 13.8. The number of rotatable bonds is 8. The van der Waals surface area contributed by atoms with Crippen LogP contribution in [0.5, 0.6) is 0 Å². The van der Waals surface area contributed by atoms with Crippen LogP contribution >= 0.6 is 11.6 Å². The van der Waals surface area contributed by atoms with Gasteiger partial charge in [-0.05, 0) is 55.4 Å². The zero-order valence-corrected chi connectivity index (χ0v) is 20.6. The van der Waals surface area contributed by atoms with E-state index in [1.165, 1.54) is 23.6 Å². The number of halogens is 1. The number of urea groups is 1. The van der Waals surface area contributed by atoms with Crippen molar-refractivity contribution in [3.05, 3.63) is 71.0 Å². The maximum absolute atomic E-state index is 12.2. The Morgan fingerprint density at radius 2 is 1.80 bits per heavy atom. The molecule has 9 nitrogen and oxygen atoms in total. The van der Waals surface area contributed by atoms with Crippen molar-refractivity contribution >= 4 is 40.6 Å². The summed E-state index contributed by atoms with van der Waals surface area (Å²) in [5.41, 5.74) is 9.64. The Kier molecular flexibility index (Phi) is 8.36. The molecule has 0 unspecified atom stereocenters. The second kappa shape index (κ2) is 11.8. The number of aromatic nitrogens is 2. The smallest absolute Gasteiger partial charge is 0.324 e. The molecule has 4 rings (SSSR count).